The molecule has 0 bridgehead atoms. The number of esters is 2. The van der Waals surface area contributed by atoms with Gasteiger partial charge in [-0.1, -0.05) is 0 Å². The normalized spacial score (nSPS) is 19.3. The Balaban J connectivity index is 0.000000171. The molecule has 0 spiro atoms. The number of hydrogen-bond acceptors (Lipinski definition) is 9. The van der Waals surface area contributed by atoms with Crippen LogP contribution in [-0.4, -0.2) is 59.5 Å². The van der Waals surface area contributed by atoms with Gasteiger partial charge in [-0.05, 0) is 122 Å². The molecule has 2 aliphatic carbocycles. The summed E-state index contributed by atoms with van der Waals surface area (Å²) in [5.74, 6) is -3.63. The topological polar surface area (TPSA) is 136 Å². The minimum atomic E-state index is -1.05. The van der Waals surface area contributed by atoms with E-state index in [1.54, 1.807) is 30.7 Å². The van der Waals surface area contributed by atoms with E-state index in [1.165, 1.54) is 19.2 Å². The molecular weight excluding hydrogens is 776 g/mol. The molecule has 0 unspecified atom stereocenters. The number of carbonyl (C=O) groups excluding carboxylic acids is 2. The van der Waals surface area contributed by atoms with Gasteiger partial charge in [-0.3, -0.25) is 9.59 Å². The summed E-state index contributed by atoms with van der Waals surface area (Å²) in [6.45, 7) is 7.01. The van der Waals surface area contributed by atoms with E-state index in [0.717, 1.165) is 107 Å². The summed E-state index contributed by atoms with van der Waals surface area (Å²) in [5.41, 5.74) is 1.96. The number of aryl methyl sites for hydroxylation is 2. The van der Waals surface area contributed by atoms with Crippen molar-refractivity contribution in [1.29, 1.82) is 5.26 Å². The largest absolute Gasteiger partial charge is 0.462 e. The molecule has 5 aliphatic rings. The van der Waals surface area contributed by atoms with Crippen LogP contribution in [0.1, 0.15) is 142 Å². The standard InChI is InChI=1S/C22H26F2N2O3.C22H25FN2O3.C2H3N/c1-2-29-22(28)17-12-26(14-8-9-14)20-15(7-3-5-13-6-4-10-25-13)19(24)18(23)11-16(20)21(17)27;1-2-28-22(27)17-12-25(14-8-9-14)19-15-7-3-5-13-6-4-10-24(13)20(15)18(23)11-16(19)21(17)26;1-2-3/h11-14,25H,2-10H2,1H3;11-14H,2-10H2,1H3;1H3/t2*13-;/m11./s1. The fraction of sp³-hybridized carbons (Fsp3) is 0.543. The van der Waals surface area contributed by atoms with Crippen molar-refractivity contribution in [3.05, 3.63) is 84.7 Å². The first kappa shape index (κ1) is 42.9. The van der Waals surface area contributed by atoms with Crippen molar-refractivity contribution in [2.45, 2.75) is 135 Å². The minimum Gasteiger partial charge on any atom is -0.462 e. The average molecular weight is 830 g/mol. The van der Waals surface area contributed by atoms with Crippen LogP contribution < -0.4 is 21.1 Å². The number of ether oxygens (including phenoxy) is 2. The van der Waals surface area contributed by atoms with Crippen LogP contribution in [-0.2, 0) is 22.3 Å². The van der Waals surface area contributed by atoms with Crippen molar-refractivity contribution < 1.29 is 32.2 Å². The number of aromatic nitrogens is 2. The zero-order valence-corrected chi connectivity index (χ0v) is 34.7. The van der Waals surface area contributed by atoms with Crippen LogP contribution in [0, 0.1) is 28.8 Å². The fourth-order valence-corrected chi connectivity index (χ4v) is 9.34. The van der Waals surface area contributed by atoms with Crippen molar-refractivity contribution in [1.82, 2.24) is 14.5 Å². The highest BCUT2D eigenvalue weighted by Gasteiger charge is 2.35. The molecule has 1 N–H and O–H groups in total. The summed E-state index contributed by atoms with van der Waals surface area (Å²) in [6.07, 6.45) is 16.1. The van der Waals surface area contributed by atoms with E-state index >= 15 is 4.39 Å². The number of halogens is 3. The summed E-state index contributed by atoms with van der Waals surface area (Å²) in [6, 6.07) is 5.21. The zero-order chi connectivity index (χ0) is 42.7. The first-order valence-corrected chi connectivity index (χ1v) is 21.6. The van der Waals surface area contributed by atoms with Gasteiger partial charge < -0.3 is 28.8 Å². The smallest absolute Gasteiger partial charge is 0.343 e. The van der Waals surface area contributed by atoms with Gasteiger partial charge in [-0.15, -0.1) is 0 Å². The highest BCUT2D eigenvalue weighted by atomic mass is 19.2. The summed E-state index contributed by atoms with van der Waals surface area (Å²) in [4.78, 5) is 52.8. The number of rotatable bonds is 10. The number of nitriles is 1. The molecule has 2 atom stereocenters. The number of anilines is 1. The SMILES string of the molecule is CC#N.CCOC(=O)c1cn(C2CC2)c2c(CCC[C@@H]3CCCN3)c(F)c(F)cc2c1=O.CCOC(=O)c1cn(C2CC2)c2c3c(c(F)cc2c1=O)N1CCC[C@H]1CCC3. The van der Waals surface area contributed by atoms with E-state index in [1.807, 2.05) is 0 Å². The molecule has 3 aliphatic heterocycles. The highest BCUT2D eigenvalue weighted by molar-refractivity contribution is 5.97. The first-order chi connectivity index (χ1) is 29.0. The van der Waals surface area contributed by atoms with Crippen LogP contribution in [0.25, 0.3) is 21.8 Å². The molecule has 60 heavy (non-hydrogen) atoms. The van der Waals surface area contributed by atoms with Crippen LogP contribution in [0.2, 0.25) is 0 Å². The number of pyridine rings is 2. The van der Waals surface area contributed by atoms with E-state index in [2.05, 4.69) is 14.8 Å². The molecule has 5 heterocycles. The summed E-state index contributed by atoms with van der Waals surface area (Å²) in [7, 11) is 0. The van der Waals surface area contributed by atoms with Crippen molar-refractivity contribution in [3.63, 3.8) is 0 Å². The molecule has 0 amide bonds. The lowest BCUT2D eigenvalue weighted by Gasteiger charge is -2.28. The maximum absolute atomic E-state index is 15.3. The maximum Gasteiger partial charge on any atom is 0.343 e. The van der Waals surface area contributed by atoms with Crippen LogP contribution in [0.4, 0.5) is 18.9 Å². The second kappa shape index (κ2) is 18.6. The van der Waals surface area contributed by atoms with Crippen molar-refractivity contribution in [2.75, 3.05) is 31.2 Å². The van der Waals surface area contributed by atoms with Crippen LogP contribution in [0.5, 0.6) is 0 Å². The monoisotopic (exact) mass is 829 g/mol. The minimum absolute atomic E-state index is 0.00766. The van der Waals surface area contributed by atoms with E-state index in [0.29, 0.717) is 41.5 Å². The predicted molar refractivity (Wildman–Crippen MR) is 223 cm³/mol. The van der Waals surface area contributed by atoms with E-state index in [9.17, 15) is 28.0 Å². The number of nitrogens with zero attached hydrogens (tertiary/aromatic N) is 4. The van der Waals surface area contributed by atoms with Gasteiger partial charge in [0.05, 0.1) is 36.0 Å². The zero-order valence-electron chi connectivity index (χ0n) is 34.7. The predicted octanol–water partition coefficient (Wildman–Crippen LogP) is 8.35. The summed E-state index contributed by atoms with van der Waals surface area (Å²) < 4.78 is 58.4. The molecule has 2 saturated heterocycles. The van der Waals surface area contributed by atoms with Gasteiger partial charge in [0.1, 0.15) is 16.9 Å². The molecule has 4 aromatic rings. The number of benzene rings is 2. The number of carbonyl (C=O) groups is 2. The molecule has 11 nitrogen and oxygen atoms in total. The van der Waals surface area contributed by atoms with Crippen LogP contribution in [0.3, 0.4) is 0 Å². The van der Waals surface area contributed by atoms with Crippen LogP contribution in [0.15, 0.2) is 34.1 Å². The molecular formula is C46H54F3N5O6. The Morgan fingerprint density at radius 1 is 0.800 bits per heavy atom. The summed E-state index contributed by atoms with van der Waals surface area (Å²) in [5, 5.41) is 11.1. The van der Waals surface area contributed by atoms with Gasteiger partial charge in [-0.2, -0.15) is 5.26 Å². The van der Waals surface area contributed by atoms with Gasteiger partial charge in [0.15, 0.2) is 11.6 Å². The Morgan fingerprint density at radius 2 is 1.37 bits per heavy atom. The molecule has 2 aromatic carbocycles. The Kier molecular flexibility index (Phi) is 13.3. The van der Waals surface area contributed by atoms with Crippen LogP contribution >= 0.6 is 0 Å². The molecule has 320 valence electrons. The van der Waals surface area contributed by atoms with Crippen molar-refractivity contribution in [3.8, 4) is 6.07 Å². The number of hydrogen-bond donors (Lipinski definition) is 1. The molecule has 0 radical (unpaired) electrons. The second-order valence-corrected chi connectivity index (χ2v) is 16.4. The molecule has 4 fully saturated rings. The lowest BCUT2D eigenvalue weighted by molar-refractivity contribution is 0.0514. The van der Waals surface area contributed by atoms with E-state index in [4.69, 9.17) is 14.7 Å². The Morgan fingerprint density at radius 3 is 1.93 bits per heavy atom. The maximum atomic E-state index is 15.3. The number of nitrogens with one attached hydrogen (secondary N) is 1. The van der Waals surface area contributed by atoms with Gasteiger partial charge in [0, 0.05) is 71.9 Å². The van der Waals surface area contributed by atoms with E-state index in [-0.39, 0.29) is 53.2 Å². The molecule has 14 heteroatoms. The molecule has 2 saturated carbocycles. The van der Waals surface area contributed by atoms with Gasteiger partial charge in [-0.25, -0.2) is 22.8 Å². The average Bonchev–Trinajstić information content (AvgIpc) is 4.16. The third-order valence-corrected chi connectivity index (χ3v) is 12.3. The Hall–Kier alpha value is -5.16. The third kappa shape index (κ3) is 8.69. The lowest BCUT2D eigenvalue weighted by atomic mass is 9.99. The van der Waals surface area contributed by atoms with Gasteiger partial charge in [0.2, 0.25) is 10.9 Å². The Labute approximate surface area is 347 Å². The molecule has 2 aromatic heterocycles. The number of fused-ring (bicyclic) bond motifs is 6. The fourth-order valence-electron chi connectivity index (χ4n) is 9.34. The third-order valence-electron chi connectivity index (χ3n) is 12.3. The Bertz CT molecular complexity index is 2440. The first-order valence-electron chi connectivity index (χ1n) is 21.6. The second-order valence-electron chi connectivity index (χ2n) is 16.4. The van der Waals surface area contributed by atoms with E-state index < -0.39 is 34.4 Å². The summed E-state index contributed by atoms with van der Waals surface area (Å²) >= 11 is 0. The van der Waals surface area contributed by atoms with Gasteiger partial charge >= 0.3 is 11.9 Å². The lowest BCUT2D eigenvalue weighted by Crippen LogP contribution is -2.30. The van der Waals surface area contributed by atoms with Gasteiger partial charge in [0.25, 0.3) is 0 Å². The quantitative estimate of drug-likeness (QED) is 0.157. The highest BCUT2D eigenvalue weighted by Crippen LogP contribution is 2.44. The molecule has 9 rings (SSSR count). The van der Waals surface area contributed by atoms with Crippen molar-refractivity contribution >= 4 is 39.4 Å². The van der Waals surface area contributed by atoms with Crippen molar-refractivity contribution in [2.24, 2.45) is 0 Å².